The van der Waals surface area contributed by atoms with E-state index in [4.69, 9.17) is 13.9 Å². The van der Waals surface area contributed by atoms with Gasteiger partial charge < -0.3 is 13.9 Å². The molecule has 0 fully saturated rings. The topological polar surface area (TPSA) is 51.9 Å². The Balaban J connectivity index is 2.56. The number of hydrogen-bond donors (Lipinski definition) is 0. The van der Waals surface area contributed by atoms with E-state index in [-0.39, 0.29) is 11.8 Å². The zero-order valence-corrected chi connectivity index (χ0v) is 11.2. The maximum atomic E-state index is 12.0. The second-order valence-corrected chi connectivity index (χ2v) is 4.17. The molecule has 0 bridgehead atoms. The van der Waals surface area contributed by atoms with Gasteiger partial charge in [0.05, 0.1) is 26.0 Å². The fraction of sp³-hybridized carbons (Fsp3) is 0.615. The molecular formula is C13H21NO4. The summed E-state index contributed by atoms with van der Waals surface area (Å²) in [6.07, 6.45) is 1.51. The zero-order valence-electron chi connectivity index (χ0n) is 11.2. The average Bonchev–Trinajstić information content (AvgIpc) is 2.88. The summed E-state index contributed by atoms with van der Waals surface area (Å²) in [6.45, 7) is 4.18. The lowest BCUT2D eigenvalue weighted by molar-refractivity contribution is 0.0636. The van der Waals surface area contributed by atoms with E-state index in [9.17, 15) is 4.79 Å². The van der Waals surface area contributed by atoms with Crippen molar-refractivity contribution < 1.29 is 18.7 Å². The second-order valence-electron chi connectivity index (χ2n) is 4.17. The van der Waals surface area contributed by atoms with E-state index < -0.39 is 0 Å². The molecule has 18 heavy (non-hydrogen) atoms. The van der Waals surface area contributed by atoms with Gasteiger partial charge in [0.1, 0.15) is 0 Å². The fourth-order valence-corrected chi connectivity index (χ4v) is 1.71. The summed E-state index contributed by atoms with van der Waals surface area (Å²) in [6, 6.07) is 3.55. The van der Waals surface area contributed by atoms with Crippen LogP contribution < -0.4 is 0 Å². The lowest BCUT2D eigenvalue weighted by Gasteiger charge is -2.27. The van der Waals surface area contributed by atoms with Crippen LogP contribution in [0.15, 0.2) is 22.8 Å². The molecule has 0 aliphatic heterocycles. The molecule has 102 valence electrons. The molecule has 5 heteroatoms. The lowest BCUT2D eigenvalue weighted by atomic mass is 10.2. The van der Waals surface area contributed by atoms with Crippen LogP contribution in [0.1, 0.15) is 17.5 Å². The third-order valence-electron chi connectivity index (χ3n) is 2.76. The Kier molecular flexibility index (Phi) is 6.64. The van der Waals surface area contributed by atoms with E-state index in [1.807, 2.05) is 11.8 Å². The van der Waals surface area contributed by atoms with Gasteiger partial charge in [0, 0.05) is 26.8 Å². The SMILES string of the molecule is COCCN(CC(=O)c1ccco1)C(C)COC. The number of carbonyl (C=O) groups is 1. The number of carbonyl (C=O) groups excluding carboxylic acids is 1. The van der Waals surface area contributed by atoms with Crippen molar-refractivity contribution in [2.24, 2.45) is 0 Å². The minimum Gasteiger partial charge on any atom is -0.461 e. The molecule has 1 aromatic rings. The number of ether oxygens (including phenoxy) is 2. The fourth-order valence-electron chi connectivity index (χ4n) is 1.71. The van der Waals surface area contributed by atoms with Gasteiger partial charge in [-0.2, -0.15) is 0 Å². The molecule has 0 amide bonds. The van der Waals surface area contributed by atoms with Crippen molar-refractivity contribution in [1.29, 1.82) is 0 Å². The van der Waals surface area contributed by atoms with Crippen molar-refractivity contribution >= 4 is 5.78 Å². The van der Waals surface area contributed by atoms with Crippen LogP contribution in [0.25, 0.3) is 0 Å². The maximum Gasteiger partial charge on any atom is 0.211 e. The highest BCUT2D eigenvalue weighted by Gasteiger charge is 2.19. The van der Waals surface area contributed by atoms with Gasteiger partial charge in [0.15, 0.2) is 5.76 Å². The van der Waals surface area contributed by atoms with Gasteiger partial charge in [0.2, 0.25) is 5.78 Å². The molecule has 1 aromatic heterocycles. The van der Waals surface area contributed by atoms with Crippen molar-refractivity contribution in [1.82, 2.24) is 4.90 Å². The van der Waals surface area contributed by atoms with Gasteiger partial charge in [-0.25, -0.2) is 0 Å². The van der Waals surface area contributed by atoms with Crippen LogP contribution in [0.2, 0.25) is 0 Å². The summed E-state index contributed by atoms with van der Waals surface area (Å²) in [5.41, 5.74) is 0. The van der Waals surface area contributed by atoms with Crippen molar-refractivity contribution in [2.75, 3.05) is 40.5 Å². The molecule has 0 aromatic carbocycles. The van der Waals surface area contributed by atoms with Gasteiger partial charge in [0.25, 0.3) is 0 Å². The Hall–Kier alpha value is -1.17. The van der Waals surface area contributed by atoms with Crippen LogP contribution in [-0.2, 0) is 9.47 Å². The third kappa shape index (κ3) is 4.60. The summed E-state index contributed by atoms with van der Waals surface area (Å²) >= 11 is 0. The molecule has 0 spiro atoms. The maximum absolute atomic E-state index is 12.0. The Bertz CT molecular complexity index is 337. The number of rotatable bonds is 9. The Morgan fingerprint density at radius 3 is 2.78 bits per heavy atom. The van der Waals surface area contributed by atoms with E-state index in [2.05, 4.69) is 0 Å². The number of nitrogens with zero attached hydrogens (tertiary/aromatic N) is 1. The van der Waals surface area contributed by atoms with E-state index in [0.29, 0.717) is 32.1 Å². The Labute approximate surface area is 108 Å². The van der Waals surface area contributed by atoms with Gasteiger partial charge in [-0.05, 0) is 19.1 Å². The standard InChI is InChI=1S/C13H21NO4/c1-11(10-17-3)14(6-8-16-2)9-12(15)13-5-4-7-18-13/h4-5,7,11H,6,8-10H2,1-3H3. The van der Waals surface area contributed by atoms with Gasteiger partial charge in [-0.1, -0.05) is 0 Å². The molecule has 1 unspecified atom stereocenters. The summed E-state index contributed by atoms with van der Waals surface area (Å²) in [5, 5.41) is 0. The first-order valence-electron chi connectivity index (χ1n) is 5.97. The zero-order chi connectivity index (χ0) is 13.4. The largest absolute Gasteiger partial charge is 0.461 e. The predicted molar refractivity (Wildman–Crippen MR) is 67.8 cm³/mol. The average molecular weight is 255 g/mol. The smallest absolute Gasteiger partial charge is 0.211 e. The third-order valence-corrected chi connectivity index (χ3v) is 2.76. The highest BCUT2D eigenvalue weighted by molar-refractivity contribution is 5.95. The number of hydrogen-bond acceptors (Lipinski definition) is 5. The minimum absolute atomic E-state index is 0.0287. The first kappa shape index (κ1) is 14.9. The first-order chi connectivity index (χ1) is 8.69. The first-order valence-corrected chi connectivity index (χ1v) is 5.97. The highest BCUT2D eigenvalue weighted by atomic mass is 16.5. The van der Waals surface area contributed by atoms with Crippen molar-refractivity contribution in [3.63, 3.8) is 0 Å². The van der Waals surface area contributed by atoms with E-state index >= 15 is 0 Å². The molecule has 5 nitrogen and oxygen atoms in total. The van der Waals surface area contributed by atoms with Gasteiger partial charge in [-0.3, -0.25) is 9.69 Å². The monoisotopic (exact) mass is 255 g/mol. The highest BCUT2D eigenvalue weighted by Crippen LogP contribution is 2.06. The lowest BCUT2D eigenvalue weighted by Crippen LogP contribution is -2.41. The molecular weight excluding hydrogens is 234 g/mol. The molecule has 1 heterocycles. The normalized spacial score (nSPS) is 12.9. The van der Waals surface area contributed by atoms with Gasteiger partial charge in [-0.15, -0.1) is 0 Å². The summed E-state index contributed by atoms with van der Waals surface area (Å²) in [7, 11) is 3.30. The molecule has 1 atom stereocenters. The summed E-state index contributed by atoms with van der Waals surface area (Å²) in [5.74, 6) is 0.362. The second kappa shape index (κ2) is 8.02. The molecule has 0 aliphatic carbocycles. The van der Waals surface area contributed by atoms with E-state index in [1.165, 1.54) is 6.26 Å². The Morgan fingerprint density at radius 2 is 2.22 bits per heavy atom. The molecule has 0 N–H and O–H groups in total. The minimum atomic E-state index is -0.0287. The van der Waals surface area contributed by atoms with Crippen LogP contribution in [0.4, 0.5) is 0 Å². The predicted octanol–water partition coefficient (Wildman–Crippen LogP) is 1.45. The van der Waals surface area contributed by atoms with Gasteiger partial charge >= 0.3 is 0 Å². The molecule has 0 radical (unpaired) electrons. The molecule has 0 aliphatic rings. The Morgan fingerprint density at radius 1 is 1.44 bits per heavy atom. The van der Waals surface area contributed by atoms with Crippen molar-refractivity contribution in [3.05, 3.63) is 24.2 Å². The van der Waals surface area contributed by atoms with Crippen LogP contribution in [0.3, 0.4) is 0 Å². The number of ketones is 1. The van der Waals surface area contributed by atoms with Crippen LogP contribution in [0, 0.1) is 0 Å². The molecule has 0 saturated heterocycles. The number of Topliss-reactive ketones (excluding diaryl/α,β-unsaturated/α-hetero) is 1. The number of methoxy groups -OCH3 is 2. The van der Waals surface area contributed by atoms with Crippen LogP contribution in [0.5, 0.6) is 0 Å². The van der Waals surface area contributed by atoms with Crippen LogP contribution in [-0.4, -0.2) is 57.2 Å². The molecule has 1 rings (SSSR count). The number of furan rings is 1. The van der Waals surface area contributed by atoms with Crippen molar-refractivity contribution in [2.45, 2.75) is 13.0 Å². The molecule has 0 saturated carbocycles. The summed E-state index contributed by atoms with van der Waals surface area (Å²) < 4.78 is 15.3. The van der Waals surface area contributed by atoms with E-state index in [1.54, 1.807) is 26.4 Å². The van der Waals surface area contributed by atoms with E-state index in [0.717, 1.165) is 0 Å². The quantitative estimate of drug-likeness (QED) is 0.625. The van der Waals surface area contributed by atoms with Crippen LogP contribution >= 0.6 is 0 Å². The van der Waals surface area contributed by atoms with Crippen molar-refractivity contribution in [3.8, 4) is 0 Å². The summed E-state index contributed by atoms with van der Waals surface area (Å²) in [4.78, 5) is 14.0.